The lowest BCUT2D eigenvalue weighted by molar-refractivity contribution is -0.119. The van der Waals surface area contributed by atoms with Crippen LogP contribution in [0.2, 0.25) is 0 Å². The molecule has 0 aliphatic carbocycles. The summed E-state index contributed by atoms with van der Waals surface area (Å²) in [5, 5.41) is 2.62. The monoisotopic (exact) mass is 356 g/mol. The predicted octanol–water partition coefficient (Wildman–Crippen LogP) is 2.31. The summed E-state index contributed by atoms with van der Waals surface area (Å²) < 4.78 is 40.4. The van der Waals surface area contributed by atoms with Crippen LogP contribution in [-0.2, 0) is 27.9 Å². The Labute approximate surface area is 138 Å². The van der Waals surface area contributed by atoms with Crippen molar-refractivity contribution in [3.8, 4) is 0 Å². The molecule has 0 spiro atoms. The molecule has 1 aromatic heterocycles. The van der Waals surface area contributed by atoms with E-state index in [1.165, 1.54) is 19.1 Å². The minimum absolute atomic E-state index is 0.0857. The van der Waals surface area contributed by atoms with E-state index in [1.54, 1.807) is 25.1 Å². The van der Waals surface area contributed by atoms with Crippen LogP contribution >= 0.6 is 11.3 Å². The summed E-state index contributed by atoms with van der Waals surface area (Å²) >= 11 is 1.10. The van der Waals surface area contributed by atoms with Crippen molar-refractivity contribution in [2.24, 2.45) is 0 Å². The van der Waals surface area contributed by atoms with Crippen LogP contribution in [0.25, 0.3) is 0 Å². The second kappa shape index (κ2) is 7.20. The average Bonchev–Trinajstić information content (AvgIpc) is 2.96. The molecule has 8 heteroatoms. The zero-order valence-electron chi connectivity index (χ0n) is 12.7. The highest BCUT2D eigenvalue weighted by atomic mass is 32.2. The number of amides is 1. The van der Waals surface area contributed by atoms with Gasteiger partial charge in [0.2, 0.25) is 15.9 Å². The first-order valence-electron chi connectivity index (χ1n) is 6.86. The number of thiophene rings is 1. The van der Waals surface area contributed by atoms with Gasteiger partial charge in [-0.1, -0.05) is 12.1 Å². The van der Waals surface area contributed by atoms with E-state index >= 15 is 0 Å². The molecule has 1 amide bonds. The van der Waals surface area contributed by atoms with Crippen LogP contribution in [-0.4, -0.2) is 14.3 Å². The van der Waals surface area contributed by atoms with Gasteiger partial charge in [-0.05, 0) is 36.2 Å². The highest BCUT2D eigenvalue weighted by Gasteiger charge is 2.16. The molecule has 0 saturated carbocycles. The van der Waals surface area contributed by atoms with Gasteiger partial charge in [0.25, 0.3) is 0 Å². The van der Waals surface area contributed by atoms with Gasteiger partial charge in [0.1, 0.15) is 10.0 Å². The zero-order chi connectivity index (χ0) is 17.0. The second-order valence-corrected chi connectivity index (χ2v) is 8.20. The predicted molar refractivity (Wildman–Crippen MR) is 87.0 cm³/mol. The molecule has 0 radical (unpaired) electrons. The first-order chi connectivity index (χ1) is 10.8. The first kappa shape index (κ1) is 17.6. The molecule has 0 atom stereocenters. The molecule has 0 bridgehead atoms. The van der Waals surface area contributed by atoms with E-state index in [2.05, 4.69) is 10.0 Å². The van der Waals surface area contributed by atoms with Crippen LogP contribution in [0.15, 0.2) is 34.5 Å². The van der Waals surface area contributed by atoms with Crippen LogP contribution < -0.4 is 10.0 Å². The summed E-state index contributed by atoms with van der Waals surface area (Å²) in [6.45, 7) is 3.41. The quantitative estimate of drug-likeness (QED) is 0.834. The maximum atomic E-state index is 13.2. The fraction of sp³-hybridized carbons (Fsp3) is 0.267. The van der Waals surface area contributed by atoms with Gasteiger partial charge in [-0.2, -0.15) is 0 Å². The Morgan fingerprint density at radius 2 is 1.96 bits per heavy atom. The topological polar surface area (TPSA) is 75.3 Å². The molecule has 23 heavy (non-hydrogen) atoms. The van der Waals surface area contributed by atoms with E-state index in [0.717, 1.165) is 16.2 Å². The molecule has 124 valence electrons. The number of rotatable bonds is 6. The molecular weight excluding hydrogens is 339 g/mol. The van der Waals surface area contributed by atoms with Crippen molar-refractivity contribution < 1.29 is 17.6 Å². The second-order valence-electron chi connectivity index (χ2n) is 5.04. The number of carbonyl (C=O) groups is 1. The van der Waals surface area contributed by atoms with E-state index in [0.29, 0.717) is 17.7 Å². The summed E-state index contributed by atoms with van der Waals surface area (Å²) in [7, 11) is -3.64. The molecule has 0 aliphatic rings. The van der Waals surface area contributed by atoms with Gasteiger partial charge in [-0.15, -0.1) is 11.3 Å². The Morgan fingerprint density at radius 1 is 1.22 bits per heavy atom. The van der Waals surface area contributed by atoms with Gasteiger partial charge in [0.15, 0.2) is 0 Å². The summed E-state index contributed by atoms with van der Waals surface area (Å²) in [6.07, 6.45) is 0. The average molecular weight is 356 g/mol. The number of hydrogen-bond donors (Lipinski definition) is 2. The Hall–Kier alpha value is -1.77. The van der Waals surface area contributed by atoms with Gasteiger partial charge >= 0.3 is 0 Å². The smallest absolute Gasteiger partial charge is 0.250 e. The van der Waals surface area contributed by atoms with E-state index in [1.807, 2.05) is 0 Å². The van der Waals surface area contributed by atoms with Crippen LogP contribution in [0.5, 0.6) is 0 Å². The highest BCUT2D eigenvalue weighted by molar-refractivity contribution is 7.91. The molecule has 0 unspecified atom stereocenters. The number of hydrogen-bond acceptors (Lipinski definition) is 4. The molecule has 0 fully saturated rings. The lowest BCUT2D eigenvalue weighted by Crippen LogP contribution is -2.22. The van der Waals surface area contributed by atoms with Crippen molar-refractivity contribution in [2.75, 3.05) is 0 Å². The fourth-order valence-electron chi connectivity index (χ4n) is 1.88. The molecule has 0 saturated heterocycles. The normalized spacial score (nSPS) is 11.4. The Morgan fingerprint density at radius 3 is 2.61 bits per heavy atom. The van der Waals surface area contributed by atoms with Crippen molar-refractivity contribution in [1.82, 2.24) is 10.0 Å². The standard InChI is InChI=1S/C15H17FN2O3S2/c1-10-7-12(3-5-14(10)16)8-18-23(20,21)15-6-4-13(22-15)9-17-11(2)19/h3-7,18H,8-9H2,1-2H3,(H,17,19). The molecule has 1 heterocycles. The zero-order valence-corrected chi connectivity index (χ0v) is 14.4. The van der Waals surface area contributed by atoms with Crippen molar-refractivity contribution in [3.63, 3.8) is 0 Å². The molecule has 2 aromatic rings. The third-order valence-corrected chi connectivity index (χ3v) is 6.08. The van der Waals surface area contributed by atoms with Gasteiger partial charge in [0.05, 0.1) is 6.54 Å². The van der Waals surface area contributed by atoms with E-state index in [-0.39, 0.29) is 22.5 Å². The van der Waals surface area contributed by atoms with Gasteiger partial charge in [0, 0.05) is 18.3 Å². The van der Waals surface area contributed by atoms with E-state index < -0.39 is 10.0 Å². The molecular formula is C15H17FN2O3S2. The third-order valence-electron chi connectivity index (χ3n) is 3.10. The van der Waals surface area contributed by atoms with Crippen molar-refractivity contribution in [1.29, 1.82) is 0 Å². The number of halogens is 1. The van der Waals surface area contributed by atoms with Crippen LogP contribution in [0, 0.1) is 12.7 Å². The lowest BCUT2D eigenvalue weighted by atomic mass is 10.1. The maximum Gasteiger partial charge on any atom is 0.250 e. The number of sulfonamides is 1. The van der Waals surface area contributed by atoms with Crippen molar-refractivity contribution in [2.45, 2.75) is 31.1 Å². The fourth-order valence-corrected chi connectivity index (χ4v) is 4.23. The van der Waals surface area contributed by atoms with Gasteiger partial charge in [-0.25, -0.2) is 17.5 Å². The molecule has 5 nitrogen and oxygen atoms in total. The minimum Gasteiger partial charge on any atom is -0.351 e. The summed E-state index contributed by atoms with van der Waals surface area (Å²) in [5.41, 5.74) is 1.15. The Bertz CT molecular complexity index is 816. The van der Waals surface area contributed by atoms with Crippen molar-refractivity contribution >= 4 is 27.3 Å². The van der Waals surface area contributed by atoms with Crippen molar-refractivity contribution in [3.05, 3.63) is 52.2 Å². The van der Waals surface area contributed by atoms with Gasteiger partial charge < -0.3 is 5.32 Å². The molecule has 1 aromatic carbocycles. The number of aryl methyl sites for hydroxylation is 1. The highest BCUT2D eigenvalue weighted by Crippen LogP contribution is 2.21. The van der Waals surface area contributed by atoms with E-state index in [9.17, 15) is 17.6 Å². The maximum absolute atomic E-state index is 13.2. The molecule has 2 rings (SSSR count). The summed E-state index contributed by atoms with van der Waals surface area (Å²) in [5.74, 6) is -0.495. The number of benzene rings is 1. The minimum atomic E-state index is -3.64. The summed E-state index contributed by atoms with van der Waals surface area (Å²) in [4.78, 5) is 11.6. The van der Waals surface area contributed by atoms with Gasteiger partial charge in [-0.3, -0.25) is 4.79 Å². The Kier molecular flexibility index (Phi) is 5.51. The van der Waals surface area contributed by atoms with Crippen LogP contribution in [0.3, 0.4) is 0 Å². The largest absolute Gasteiger partial charge is 0.351 e. The van der Waals surface area contributed by atoms with Crippen LogP contribution in [0.4, 0.5) is 4.39 Å². The Balaban J connectivity index is 2.03. The third kappa shape index (κ3) is 4.85. The number of nitrogens with one attached hydrogen (secondary N) is 2. The summed E-state index contributed by atoms with van der Waals surface area (Å²) in [6, 6.07) is 7.63. The first-order valence-corrected chi connectivity index (χ1v) is 9.16. The molecule has 0 aliphatic heterocycles. The van der Waals surface area contributed by atoms with E-state index in [4.69, 9.17) is 0 Å². The number of carbonyl (C=O) groups excluding carboxylic acids is 1. The molecule has 2 N–H and O–H groups in total. The SMILES string of the molecule is CC(=O)NCc1ccc(S(=O)(=O)NCc2ccc(F)c(C)c2)s1. The lowest BCUT2D eigenvalue weighted by Gasteiger charge is -2.06. The van der Waals surface area contributed by atoms with Crippen LogP contribution in [0.1, 0.15) is 22.9 Å².